The molecule has 1 aromatic heterocycles. The van der Waals surface area contributed by atoms with E-state index < -0.39 is 12.1 Å². The molecular formula is C26H38Cl2N2O4S. The van der Waals surface area contributed by atoms with Gasteiger partial charge in [-0.25, -0.2) is 0 Å². The molecule has 2 aromatic rings. The summed E-state index contributed by atoms with van der Waals surface area (Å²) in [7, 11) is 1.62. The third-order valence-electron chi connectivity index (χ3n) is 7.37. The number of thioether (sulfide) groups is 1. The van der Waals surface area contributed by atoms with Crippen LogP contribution in [0.2, 0.25) is 0 Å². The molecule has 0 amide bonds. The Bertz CT molecular complexity index is 945. The fourth-order valence-electron chi connectivity index (χ4n) is 5.39. The molecule has 0 bridgehead atoms. The minimum Gasteiger partial charge on any atom is -0.497 e. The van der Waals surface area contributed by atoms with Gasteiger partial charge in [-0.05, 0) is 74.4 Å². The van der Waals surface area contributed by atoms with Crippen molar-refractivity contribution in [2.75, 3.05) is 32.5 Å². The average Bonchev–Trinajstić information content (AvgIpc) is 3.35. The number of hydrogen-bond acceptors (Lipinski definition) is 6. The fraction of sp³-hybridized carbons (Fsp3) is 0.615. The van der Waals surface area contributed by atoms with Gasteiger partial charge in [0.2, 0.25) is 0 Å². The fourth-order valence-corrected chi connectivity index (χ4v) is 6.76. The van der Waals surface area contributed by atoms with Crippen molar-refractivity contribution in [2.24, 2.45) is 11.8 Å². The lowest BCUT2D eigenvalue weighted by atomic mass is 9.81. The number of carboxylic acid groups (broad SMARTS) is 1. The Morgan fingerprint density at radius 1 is 1.23 bits per heavy atom. The molecule has 2 fully saturated rings. The van der Waals surface area contributed by atoms with Crippen molar-refractivity contribution in [3.63, 3.8) is 0 Å². The number of carbonyl (C=O) groups is 1. The first-order valence-corrected chi connectivity index (χ1v) is 13.3. The van der Waals surface area contributed by atoms with E-state index in [4.69, 9.17) is 4.74 Å². The van der Waals surface area contributed by atoms with Gasteiger partial charge in [0.25, 0.3) is 0 Å². The van der Waals surface area contributed by atoms with Crippen LogP contribution in [-0.2, 0) is 4.79 Å². The predicted octanol–water partition coefficient (Wildman–Crippen LogP) is 5.60. The normalized spacial score (nSPS) is 21.8. The smallest absolute Gasteiger partial charge is 0.308 e. The van der Waals surface area contributed by atoms with E-state index in [1.807, 2.05) is 24.3 Å². The van der Waals surface area contributed by atoms with Crippen molar-refractivity contribution in [3.05, 3.63) is 36.0 Å². The highest BCUT2D eigenvalue weighted by molar-refractivity contribution is 7.99. The number of pyridine rings is 1. The van der Waals surface area contributed by atoms with Gasteiger partial charge in [0.1, 0.15) is 5.75 Å². The van der Waals surface area contributed by atoms with Gasteiger partial charge in [-0.2, -0.15) is 11.8 Å². The maximum Gasteiger partial charge on any atom is 0.308 e. The lowest BCUT2D eigenvalue weighted by Crippen LogP contribution is -2.44. The number of ether oxygens (including phenoxy) is 1. The van der Waals surface area contributed by atoms with Crippen molar-refractivity contribution in [3.8, 4) is 5.75 Å². The van der Waals surface area contributed by atoms with Gasteiger partial charge in [-0.1, -0.05) is 12.8 Å². The zero-order valence-corrected chi connectivity index (χ0v) is 22.8. The Hall–Kier alpha value is -1.25. The van der Waals surface area contributed by atoms with Crippen LogP contribution in [0, 0.1) is 11.8 Å². The Labute approximate surface area is 225 Å². The Kier molecular flexibility index (Phi) is 12.4. The molecule has 0 spiro atoms. The second kappa shape index (κ2) is 14.5. The molecule has 1 saturated carbocycles. The van der Waals surface area contributed by atoms with E-state index in [0.717, 1.165) is 52.7 Å². The highest BCUT2D eigenvalue weighted by atomic mass is 35.5. The number of nitrogens with zero attached hydrogens (tertiary/aromatic N) is 2. The highest BCUT2D eigenvalue weighted by Gasteiger charge is 2.34. The standard InChI is InChI=1S/C26H36N2O4S.2ClH/c1-32-19-7-8-24-22(16-19)21(10-12-27-24)25(29)9-6-18-11-13-28(17-23(18)26(30)31)14-15-33-20-4-2-3-5-20;;/h7-8,10,12,16,18,20,23,25,29H,2-6,9,11,13-15,17H2,1H3,(H,30,31);2*1H/t18-,23+,25-;;/m1../s1. The summed E-state index contributed by atoms with van der Waals surface area (Å²) in [6.45, 7) is 2.55. The maximum atomic E-state index is 12.0. The lowest BCUT2D eigenvalue weighted by molar-refractivity contribution is -0.146. The third-order valence-corrected chi connectivity index (χ3v) is 8.73. The van der Waals surface area contributed by atoms with Crippen LogP contribution >= 0.6 is 36.6 Å². The highest BCUT2D eigenvalue weighted by Crippen LogP contribution is 2.34. The van der Waals surface area contributed by atoms with Crippen LogP contribution in [0.4, 0.5) is 0 Å². The zero-order valence-electron chi connectivity index (χ0n) is 20.3. The number of aromatic nitrogens is 1. The van der Waals surface area contributed by atoms with Crippen molar-refractivity contribution < 1.29 is 19.7 Å². The number of carboxylic acids is 1. The maximum absolute atomic E-state index is 12.0. The largest absolute Gasteiger partial charge is 0.497 e. The van der Waals surface area contributed by atoms with Crippen molar-refractivity contribution >= 4 is 53.4 Å². The first-order chi connectivity index (χ1) is 16.0. The number of aliphatic carboxylic acids is 1. The molecule has 2 N–H and O–H groups in total. The molecule has 1 aliphatic heterocycles. The molecule has 35 heavy (non-hydrogen) atoms. The van der Waals surface area contributed by atoms with E-state index in [1.165, 1.54) is 25.7 Å². The molecule has 196 valence electrons. The molecule has 1 saturated heterocycles. The number of methoxy groups -OCH3 is 1. The molecule has 0 unspecified atom stereocenters. The second-order valence-corrected chi connectivity index (χ2v) is 10.9. The van der Waals surface area contributed by atoms with E-state index >= 15 is 0 Å². The van der Waals surface area contributed by atoms with Gasteiger partial charge in [0.05, 0.1) is 24.6 Å². The van der Waals surface area contributed by atoms with E-state index in [-0.39, 0.29) is 36.6 Å². The summed E-state index contributed by atoms with van der Waals surface area (Å²) >= 11 is 2.07. The molecule has 2 aliphatic rings. The average molecular weight is 546 g/mol. The molecule has 6 nitrogen and oxygen atoms in total. The van der Waals surface area contributed by atoms with Crippen LogP contribution in [0.15, 0.2) is 30.5 Å². The lowest BCUT2D eigenvalue weighted by Gasteiger charge is -2.37. The summed E-state index contributed by atoms with van der Waals surface area (Å²) in [6, 6.07) is 7.52. The summed E-state index contributed by atoms with van der Waals surface area (Å²) in [5, 5.41) is 22.6. The number of hydrogen-bond donors (Lipinski definition) is 2. The minimum absolute atomic E-state index is 0. The van der Waals surface area contributed by atoms with Gasteiger partial charge in [-0.3, -0.25) is 9.78 Å². The van der Waals surface area contributed by atoms with Crippen LogP contribution < -0.4 is 4.74 Å². The number of fused-ring (bicyclic) bond motifs is 1. The molecule has 3 atom stereocenters. The Morgan fingerprint density at radius 3 is 2.71 bits per heavy atom. The van der Waals surface area contributed by atoms with Gasteiger partial charge in [-0.15, -0.1) is 24.8 Å². The first kappa shape index (κ1) is 30.0. The van der Waals surface area contributed by atoms with E-state index in [1.54, 1.807) is 13.3 Å². The molecule has 1 aliphatic carbocycles. The molecule has 1 aromatic carbocycles. The Morgan fingerprint density at radius 2 is 2.00 bits per heavy atom. The van der Waals surface area contributed by atoms with Gasteiger partial charge in [0, 0.05) is 35.7 Å². The van der Waals surface area contributed by atoms with Gasteiger partial charge in [0.15, 0.2) is 0 Å². The summed E-state index contributed by atoms with van der Waals surface area (Å²) in [4.78, 5) is 18.8. The van der Waals surface area contributed by atoms with Crippen LogP contribution in [0.1, 0.15) is 56.6 Å². The third kappa shape index (κ3) is 7.86. The predicted molar refractivity (Wildman–Crippen MR) is 147 cm³/mol. The van der Waals surface area contributed by atoms with Crippen molar-refractivity contribution in [1.82, 2.24) is 9.88 Å². The monoisotopic (exact) mass is 544 g/mol. The summed E-state index contributed by atoms with van der Waals surface area (Å²) in [6.07, 6.45) is 8.59. The molecular weight excluding hydrogens is 507 g/mol. The minimum atomic E-state index is -0.707. The van der Waals surface area contributed by atoms with Crippen LogP contribution in [0.25, 0.3) is 10.9 Å². The second-order valence-electron chi connectivity index (χ2n) is 9.45. The SMILES string of the molecule is COc1ccc2nccc([C@H](O)CC[C@@H]3CCN(CCSC4CCCC4)C[C@@H]3C(=O)O)c2c1.Cl.Cl. The molecule has 2 heterocycles. The number of halogens is 2. The molecule has 0 radical (unpaired) electrons. The number of rotatable bonds is 10. The van der Waals surface area contributed by atoms with Crippen LogP contribution in [0.5, 0.6) is 5.75 Å². The topological polar surface area (TPSA) is 82.9 Å². The summed E-state index contributed by atoms with van der Waals surface area (Å²) in [5.41, 5.74) is 1.65. The van der Waals surface area contributed by atoms with Crippen LogP contribution in [0.3, 0.4) is 0 Å². The number of aliphatic hydroxyl groups excluding tert-OH is 1. The van der Waals surface area contributed by atoms with E-state index in [2.05, 4.69) is 21.6 Å². The van der Waals surface area contributed by atoms with E-state index in [9.17, 15) is 15.0 Å². The van der Waals surface area contributed by atoms with Crippen molar-refractivity contribution in [2.45, 2.75) is 56.3 Å². The number of benzene rings is 1. The summed E-state index contributed by atoms with van der Waals surface area (Å²) in [5.74, 6) is 0.851. The number of piperidine rings is 1. The van der Waals surface area contributed by atoms with Gasteiger partial charge < -0.3 is 19.8 Å². The summed E-state index contributed by atoms with van der Waals surface area (Å²) < 4.78 is 5.34. The zero-order chi connectivity index (χ0) is 23.2. The molecule has 9 heteroatoms. The number of aliphatic hydroxyl groups is 1. The van der Waals surface area contributed by atoms with Gasteiger partial charge >= 0.3 is 5.97 Å². The quantitative estimate of drug-likeness (QED) is 0.402. The van der Waals surface area contributed by atoms with Crippen LogP contribution in [-0.4, -0.2) is 63.8 Å². The van der Waals surface area contributed by atoms with Crippen molar-refractivity contribution in [1.29, 1.82) is 0 Å². The molecule has 4 rings (SSSR count). The number of likely N-dealkylation sites (tertiary alicyclic amines) is 1. The van der Waals surface area contributed by atoms with E-state index in [0.29, 0.717) is 19.4 Å². The first-order valence-electron chi connectivity index (χ1n) is 12.2. The Balaban J connectivity index is 0.00000216.